The minimum absolute atomic E-state index is 0.0714. The highest BCUT2D eigenvalue weighted by atomic mass is 16.5. The number of likely N-dealkylation sites (N-methyl/N-ethyl adjacent to an activating group) is 1. The molecule has 1 aromatic rings. The third-order valence-corrected chi connectivity index (χ3v) is 3.76. The summed E-state index contributed by atoms with van der Waals surface area (Å²) in [4.78, 5) is 11.6. The van der Waals surface area contributed by atoms with Crippen molar-refractivity contribution in [2.45, 2.75) is 38.3 Å². The summed E-state index contributed by atoms with van der Waals surface area (Å²) in [6.45, 7) is 4.06. The maximum Gasteiger partial charge on any atom is 0.223 e. The third-order valence-electron chi connectivity index (χ3n) is 3.76. The number of benzene rings is 1. The molecule has 2 aliphatic rings. The lowest BCUT2D eigenvalue weighted by molar-refractivity contribution is -0.121. The highest BCUT2D eigenvalue weighted by Gasteiger charge is 2.24. The summed E-state index contributed by atoms with van der Waals surface area (Å²) in [7, 11) is 0. The number of hydrogen-bond acceptors (Lipinski definition) is 4. The average molecular weight is 290 g/mol. The lowest BCUT2D eigenvalue weighted by Gasteiger charge is -2.10. The van der Waals surface area contributed by atoms with E-state index in [1.165, 1.54) is 5.56 Å². The molecule has 1 aromatic carbocycles. The van der Waals surface area contributed by atoms with Gasteiger partial charge in [0.15, 0.2) is 0 Å². The molecule has 0 saturated heterocycles. The Hall–Kier alpha value is -1.75. The Bertz CT molecular complexity index is 514. The molecule has 1 unspecified atom stereocenters. The third kappa shape index (κ3) is 3.67. The molecular weight excluding hydrogens is 268 g/mol. The first-order valence-electron chi connectivity index (χ1n) is 7.68. The van der Waals surface area contributed by atoms with E-state index in [1.807, 2.05) is 18.2 Å². The number of carbonyl (C=O) groups is 1. The van der Waals surface area contributed by atoms with Crippen LogP contribution in [0.2, 0.25) is 0 Å². The number of amides is 1. The van der Waals surface area contributed by atoms with Gasteiger partial charge in [0.2, 0.25) is 5.91 Å². The zero-order chi connectivity index (χ0) is 14.7. The van der Waals surface area contributed by atoms with Crippen LogP contribution in [-0.2, 0) is 4.79 Å². The van der Waals surface area contributed by atoms with Crippen molar-refractivity contribution in [3.05, 3.63) is 23.8 Å². The van der Waals surface area contributed by atoms with Crippen LogP contribution in [0.3, 0.4) is 0 Å². The topological polar surface area (TPSA) is 59.6 Å². The molecule has 0 bridgehead atoms. The van der Waals surface area contributed by atoms with E-state index in [1.54, 1.807) is 0 Å². The van der Waals surface area contributed by atoms with E-state index < -0.39 is 0 Å². The Morgan fingerprint density at radius 3 is 3.05 bits per heavy atom. The van der Waals surface area contributed by atoms with Crippen molar-refractivity contribution in [3.63, 3.8) is 0 Å². The van der Waals surface area contributed by atoms with E-state index >= 15 is 0 Å². The smallest absolute Gasteiger partial charge is 0.223 e. The van der Waals surface area contributed by atoms with E-state index in [0.29, 0.717) is 25.7 Å². The van der Waals surface area contributed by atoms with Gasteiger partial charge >= 0.3 is 0 Å². The van der Waals surface area contributed by atoms with Gasteiger partial charge in [0, 0.05) is 17.7 Å². The van der Waals surface area contributed by atoms with Crippen LogP contribution in [0.1, 0.15) is 37.8 Å². The van der Waals surface area contributed by atoms with Crippen LogP contribution >= 0.6 is 0 Å². The highest BCUT2D eigenvalue weighted by molar-refractivity contribution is 5.76. The van der Waals surface area contributed by atoms with Gasteiger partial charge in [-0.2, -0.15) is 0 Å². The predicted octanol–water partition coefficient (Wildman–Crippen LogP) is 1.78. The van der Waals surface area contributed by atoms with Gasteiger partial charge in [-0.25, -0.2) is 0 Å². The zero-order valence-electron chi connectivity index (χ0n) is 12.4. The molecule has 1 atom stereocenters. The van der Waals surface area contributed by atoms with Gasteiger partial charge in [0.25, 0.3) is 0 Å². The Labute approximate surface area is 125 Å². The monoisotopic (exact) mass is 290 g/mol. The fraction of sp³-hybridized carbons (Fsp3) is 0.562. The number of rotatable bonds is 7. The van der Waals surface area contributed by atoms with Crippen molar-refractivity contribution < 1.29 is 14.3 Å². The molecule has 3 rings (SSSR count). The average Bonchev–Trinajstić information content (AvgIpc) is 3.19. The van der Waals surface area contributed by atoms with Gasteiger partial charge in [0.05, 0.1) is 19.1 Å². The molecule has 1 heterocycles. The van der Waals surface area contributed by atoms with Crippen molar-refractivity contribution in [2.75, 3.05) is 19.8 Å². The highest BCUT2D eigenvalue weighted by Crippen LogP contribution is 2.35. The Morgan fingerprint density at radius 2 is 2.29 bits per heavy atom. The summed E-state index contributed by atoms with van der Waals surface area (Å²) in [6.07, 6.45) is 2.62. The first kappa shape index (κ1) is 14.2. The minimum atomic E-state index is 0.0714. The van der Waals surface area contributed by atoms with Crippen LogP contribution in [0.25, 0.3) is 0 Å². The molecule has 114 valence electrons. The number of fused-ring (bicyclic) bond motifs is 1. The van der Waals surface area contributed by atoms with Crippen LogP contribution in [-0.4, -0.2) is 31.7 Å². The first-order chi connectivity index (χ1) is 10.3. The predicted molar refractivity (Wildman–Crippen MR) is 79.6 cm³/mol. The lowest BCUT2D eigenvalue weighted by atomic mass is 10.1. The number of hydrogen-bond donors (Lipinski definition) is 2. The lowest BCUT2D eigenvalue weighted by Crippen LogP contribution is -2.26. The van der Waals surface area contributed by atoms with Crippen LogP contribution in [0.5, 0.6) is 11.5 Å². The van der Waals surface area contributed by atoms with Gasteiger partial charge in [-0.15, -0.1) is 0 Å². The van der Waals surface area contributed by atoms with E-state index in [2.05, 4.69) is 17.6 Å². The first-order valence-corrected chi connectivity index (χ1v) is 7.68. The van der Waals surface area contributed by atoms with Gasteiger partial charge in [0.1, 0.15) is 18.1 Å². The van der Waals surface area contributed by atoms with Crippen LogP contribution in [0.15, 0.2) is 18.2 Å². The summed E-state index contributed by atoms with van der Waals surface area (Å²) in [6, 6.07) is 6.56. The van der Waals surface area contributed by atoms with Gasteiger partial charge in [-0.3, -0.25) is 4.79 Å². The fourth-order valence-electron chi connectivity index (χ4n) is 2.48. The van der Waals surface area contributed by atoms with Gasteiger partial charge in [-0.1, -0.05) is 6.92 Å². The zero-order valence-corrected chi connectivity index (χ0v) is 12.4. The summed E-state index contributed by atoms with van der Waals surface area (Å²) < 4.78 is 11.3. The van der Waals surface area contributed by atoms with E-state index in [9.17, 15) is 4.79 Å². The van der Waals surface area contributed by atoms with Gasteiger partial charge in [-0.05, 0) is 31.5 Å². The van der Waals surface area contributed by atoms with Crippen molar-refractivity contribution in [2.24, 2.45) is 0 Å². The number of nitrogens with one attached hydrogen (secondary N) is 2. The number of ether oxygens (including phenoxy) is 2. The van der Waals surface area contributed by atoms with E-state index in [4.69, 9.17) is 9.47 Å². The number of carbonyl (C=O) groups excluding carboxylic acids is 1. The molecular formula is C16H22N2O3. The minimum Gasteiger partial charge on any atom is -0.493 e. The van der Waals surface area contributed by atoms with Crippen molar-refractivity contribution in [1.82, 2.24) is 10.6 Å². The maximum absolute atomic E-state index is 11.6. The Kier molecular flexibility index (Phi) is 4.29. The molecule has 0 spiro atoms. The molecule has 5 nitrogen and oxygen atoms in total. The van der Waals surface area contributed by atoms with E-state index in [0.717, 1.165) is 30.9 Å². The molecule has 1 amide bonds. The van der Waals surface area contributed by atoms with Crippen molar-refractivity contribution in [3.8, 4) is 11.5 Å². The van der Waals surface area contributed by atoms with E-state index in [-0.39, 0.29) is 11.9 Å². The molecule has 21 heavy (non-hydrogen) atoms. The largest absolute Gasteiger partial charge is 0.493 e. The molecule has 5 heteroatoms. The van der Waals surface area contributed by atoms with Gasteiger partial charge < -0.3 is 20.1 Å². The van der Waals surface area contributed by atoms with Crippen molar-refractivity contribution >= 4 is 5.91 Å². The SMILES string of the molecule is CCNC1COc2cc(OCCC(=O)NC3CC3)ccc21. The summed E-state index contributed by atoms with van der Waals surface area (Å²) in [5, 5.41) is 6.33. The molecule has 1 aliphatic heterocycles. The Balaban J connectivity index is 1.49. The quantitative estimate of drug-likeness (QED) is 0.803. The molecule has 1 aliphatic carbocycles. The standard InChI is InChI=1S/C16H22N2O3/c1-2-17-14-10-21-15-9-12(5-6-13(14)15)20-8-7-16(19)18-11-3-4-11/h5-6,9,11,14,17H,2-4,7-8,10H2,1H3,(H,18,19). The molecule has 1 saturated carbocycles. The normalized spacial score (nSPS) is 19.8. The second-order valence-electron chi connectivity index (χ2n) is 5.56. The summed E-state index contributed by atoms with van der Waals surface area (Å²) in [5.74, 6) is 1.70. The van der Waals surface area contributed by atoms with Crippen LogP contribution in [0.4, 0.5) is 0 Å². The van der Waals surface area contributed by atoms with Crippen LogP contribution < -0.4 is 20.1 Å². The van der Waals surface area contributed by atoms with Crippen LogP contribution in [0, 0.1) is 0 Å². The maximum atomic E-state index is 11.6. The van der Waals surface area contributed by atoms with Crippen molar-refractivity contribution in [1.29, 1.82) is 0 Å². The fourth-order valence-corrected chi connectivity index (χ4v) is 2.48. The second-order valence-corrected chi connectivity index (χ2v) is 5.56. The second kappa shape index (κ2) is 6.35. The molecule has 0 aromatic heterocycles. The molecule has 0 radical (unpaired) electrons. The summed E-state index contributed by atoms with van der Waals surface area (Å²) >= 11 is 0. The Morgan fingerprint density at radius 1 is 1.43 bits per heavy atom. The molecule has 2 N–H and O–H groups in total. The summed E-state index contributed by atoms with van der Waals surface area (Å²) in [5.41, 5.74) is 1.18. The molecule has 1 fully saturated rings.